The third-order valence-corrected chi connectivity index (χ3v) is 0. The Morgan fingerprint density at radius 2 is 0.667 bits per heavy atom. The predicted octanol–water partition coefficient (Wildman–Crippen LogP) is -3.34. The average Bonchev–Trinajstić information content (AvgIpc) is 0. The average molecular weight is 209 g/mol. The second-order valence-corrected chi connectivity index (χ2v) is 0. The summed E-state index contributed by atoms with van der Waals surface area (Å²) in [4.78, 5) is 0. The fourth-order valence-corrected chi connectivity index (χ4v) is 0. The van der Waals surface area contributed by atoms with E-state index in [1.54, 1.807) is 0 Å². The van der Waals surface area contributed by atoms with Gasteiger partial charge in [0.25, 0.3) is 0 Å². The van der Waals surface area contributed by atoms with Crippen LogP contribution in [0.5, 0.6) is 0 Å². The molecule has 6 heteroatoms. The molecule has 46 valence electrons. The molecule has 0 heterocycles. The van der Waals surface area contributed by atoms with Crippen LogP contribution in [0.15, 0.2) is 0 Å². The molecule has 0 aliphatic rings. The topological polar surface area (TPSA) is 130 Å². The van der Waals surface area contributed by atoms with Crippen LogP contribution < -0.4 is 6.15 Å². The van der Waals surface area contributed by atoms with Gasteiger partial charge in [-0.25, -0.2) is 0 Å². The quantitative estimate of drug-likeness (QED) is 0.439. The SMILES string of the molecule is F.N.O.O.O.[InH3]. The monoisotopic (exact) mass is 209 g/mol. The third kappa shape index (κ3) is 150. The van der Waals surface area contributed by atoms with E-state index in [1.165, 1.54) is 0 Å². The van der Waals surface area contributed by atoms with Gasteiger partial charge in [-0.3, -0.25) is 4.70 Å². The van der Waals surface area contributed by atoms with Gasteiger partial charge in [-0.05, 0) is 0 Å². The van der Waals surface area contributed by atoms with Gasteiger partial charge in [0.2, 0.25) is 0 Å². The summed E-state index contributed by atoms with van der Waals surface area (Å²) in [5.74, 6) is 0. The van der Waals surface area contributed by atoms with Crippen molar-refractivity contribution in [1.82, 2.24) is 6.15 Å². The van der Waals surface area contributed by atoms with Gasteiger partial charge in [0.05, 0.1) is 0 Å². The van der Waals surface area contributed by atoms with Crippen LogP contribution in [-0.4, -0.2) is 42.3 Å². The maximum absolute atomic E-state index is 0. The van der Waals surface area contributed by atoms with Gasteiger partial charge in [-0.2, -0.15) is 0 Å². The van der Waals surface area contributed by atoms with Crippen molar-refractivity contribution in [3.05, 3.63) is 0 Å². The first-order valence-electron chi connectivity index (χ1n) is 0. The summed E-state index contributed by atoms with van der Waals surface area (Å²) in [5.41, 5.74) is 0. The molecule has 0 aromatic rings. The van der Waals surface area contributed by atoms with Crippen LogP contribution in [0, 0.1) is 0 Å². The summed E-state index contributed by atoms with van der Waals surface area (Å²) >= 11 is 0. The van der Waals surface area contributed by atoms with E-state index in [2.05, 4.69) is 0 Å². The standard InChI is InChI=1S/FH.In.H3N.3H2O.3H/h1H;;1H3;3*1H2;;;. The van der Waals surface area contributed by atoms with Crippen LogP contribution >= 0.6 is 0 Å². The minimum atomic E-state index is 0. The first-order valence-corrected chi connectivity index (χ1v) is 0. The Morgan fingerprint density at radius 3 is 0.667 bits per heavy atom. The summed E-state index contributed by atoms with van der Waals surface area (Å²) in [6, 6.07) is 0. The molecule has 0 unspecified atom stereocenters. The number of hydrogen-bond donors (Lipinski definition) is 1. The first-order chi connectivity index (χ1) is 0. The van der Waals surface area contributed by atoms with Gasteiger partial charge in [0, 0.05) is 0 Å². The van der Waals surface area contributed by atoms with Crippen LogP contribution in [0.3, 0.4) is 0 Å². The molecule has 6 heavy (non-hydrogen) atoms. The molecule has 0 aliphatic heterocycles. The van der Waals surface area contributed by atoms with E-state index in [0.717, 1.165) is 0 Å². The second-order valence-electron chi connectivity index (χ2n) is 0. The Balaban J connectivity index is 0. The van der Waals surface area contributed by atoms with Crippen molar-refractivity contribution in [3.63, 3.8) is 0 Å². The summed E-state index contributed by atoms with van der Waals surface area (Å²) in [5, 5.41) is 0. The summed E-state index contributed by atoms with van der Waals surface area (Å²) in [7, 11) is 0. The first kappa shape index (κ1) is 515. The Bertz CT molecular complexity index is 10.8. The Labute approximate surface area is 53.6 Å². The van der Waals surface area contributed by atoms with Crippen LogP contribution in [0.1, 0.15) is 0 Å². The molecule has 0 saturated heterocycles. The molecule has 0 saturated carbocycles. The zero-order valence-electron chi connectivity index (χ0n) is 2.62. The van der Waals surface area contributed by atoms with Crippen molar-refractivity contribution in [2.45, 2.75) is 0 Å². The number of halogens is 1. The van der Waals surface area contributed by atoms with Gasteiger partial charge in [-0.15, -0.1) is 0 Å². The molecule has 0 aromatic heterocycles. The van der Waals surface area contributed by atoms with E-state index in [1.807, 2.05) is 0 Å². The fourth-order valence-electron chi connectivity index (χ4n) is 0. The molecular weight excluding hydrogens is 196 g/mol. The Hall–Kier alpha value is 0.640. The van der Waals surface area contributed by atoms with Crippen LogP contribution in [0.2, 0.25) is 0 Å². The third-order valence-electron chi connectivity index (χ3n) is 0. The zero-order valence-corrected chi connectivity index (χ0v) is 2.62. The summed E-state index contributed by atoms with van der Waals surface area (Å²) in [6.45, 7) is 0. The number of rotatable bonds is 0. The van der Waals surface area contributed by atoms with E-state index in [9.17, 15) is 0 Å². The van der Waals surface area contributed by atoms with Gasteiger partial charge in [0.15, 0.2) is 0 Å². The molecule has 0 aliphatic carbocycles. The fraction of sp³-hybridized carbons (Fsp3) is 0. The van der Waals surface area contributed by atoms with Crippen molar-refractivity contribution in [1.29, 1.82) is 0 Å². The van der Waals surface area contributed by atoms with Gasteiger partial charge in [-0.1, -0.05) is 0 Å². The van der Waals surface area contributed by atoms with Crippen LogP contribution in [-0.2, 0) is 0 Å². The van der Waals surface area contributed by atoms with Crippen LogP contribution in [0.25, 0.3) is 0 Å². The summed E-state index contributed by atoms with van der Waals surface area (Å²) in [6.07, 6.45) is 0. The number of hydrogen-bond acceptors (Lipinski definition) is 1. The van der Waals surface area contributed by atoms with Crippen molar-refractivity contribution in [3.8, 4) is 0 Å². The molecule has 0 bridgehead atoms. The molecular formula is H13FInNO3. The molecule has 0 radical (unpaired) electrons. The molecule has 0 spiro atoms. The molecule has 0 aromatic carbocycles. The van der Waals surface area contributed by atoms with Crippen molar-refractivity contribution in [2.75, 3.05) is 0 Å². The summed E-state index contributed by atoms with van der Waals surface area (Å²) < 4.78 is 0. The van der Waals surface area contributed by atoms with Gasteiger partial charge >= 0.3 is 25.8 Å². The maximum atomic E-state index is 0. The van der Waals surface area contributed by atoms with E-state index in [-0.39, 0.29) is 53.1 Å². The molecule has 4 nitrogen and oxygen atoms in total. The van der Waals surface area contributed by atoms with E-state index in [0.29, 0.717) is 0 Å². The molecule has 9 N–H and O–H groups in total. The van der Waals surface area contributed by atoms with E-state index < -0.39 is 0 Å². The molecule has 0 amide bonds. The van der Waals surface area contributed by atoms with Crippen LogP contribution in [0.4, 0.5) is 4.70 Å². The molecule has 0 fully saturated rings. The minimum absolute atomic E-state index is 0. The Morgan fingerprint density at radius 1 is 0.667 bits per heavy atom. The Kier molecular flexibility index (Phi) is 25500. The van der Waals surface area contributed by atoms with E-state index >= 15 is 0 Å². The zero-order chi connectivity index (χ0) is 0. The van der Waals surface area contributed by atoms with Gasteiger partial charge < -0.3 is 22.6 Å². The van der Waals surface area contributed by atoms with Gasteiger partial charge in [0.1, 0.15) is 0 Å². The second kappa shape index (κ2) is 296. The van der Waals surface area contributed by atoms with Crippen molar-refractivity contribution >= 4 is 25.8 Å². The predicted molar refractivity (Wildman–Crippen MR) is 28.3 cm³/mol. The normalized spacial score (nSPS) is 0. The van der Waals surface area contributed by atoms with Crippen molar-refractivity contribution in [2.24, 2.45) is 0 Å². The van der Waals surface area contributed by atoms with Crippen molar-refractivity contribution < 1.29 is 21.1 Å². The molecule has 0 atom stereocenters. The van der Waals surface area contributed by atoms with E-state index in [4.69, 9.17) is 0 Å². The molecule has 0 rings (SSSR count).